The van der Waals surface area contributed by atoms with Crippen molar-refractivity contribution >= 4 is 34.0 Å². The number of aromatic nitrogens is 3. The zero-order chi connectivity index (χ0) is 30.6. The van der Waals surface area contributed by atoms with Crippen LogP contribution in [0.4, 0.5) is 15.2 Å². The van der Waals surface area contributed by atoms with Crippen molar-refractivity contribution in [2.24, 2.45) is 0 Å². The van der Waals surface area contributed by atoms with Crippen molar-refractivity contribution in [2.45, 2.75) is 51.3 Å². The summed E-state index contributed by atoms with van der Waals surface area (Å²) in [4.78, 5) is 37.2. The first kappa shape index (κ1) is 29.3. The van der Waals surface area contributed by atoms with Crippen molar-refractivity contribution in [3.05, 3.63) is 88.7 Å². The van der Waals surface area contributed by atoms with Crippen LogP contribution in [0.25, 0.3) is 0 Å². The number of nitrogens with one attached hydrogen (secondary N) is 1. The molecule has 0 saturated carbocycles. The van der Waals surface area contributed by atoms with E-state index in [9.17, 15) is 19.2 Å². The minimum absolute atomic E-state index is 0.0107. The van der Waals surface area contributed by atoms with E-state index in [1.807, 2.05) is 28.5 Å². The lowest BCUT2D eigenvalue weighted by Crippen LogP contribution is -2.40. The van der Waals surface area contributed by atoms with Gasteiger partial charge in [0, 0.05) is 69.4 Å². The van der Waals surface area contributed by atoms with Crippen LogP contribution in [0.15, 0.2) is 60.2 Å². The quantitative estimate of drug-likeness (QED) is 0.265. The van der Waals surface area contributed by atoms with Crippen molar-refractivity contribution in [1.29, 1.82) is 5.26 Å². The smallest absolute Gasteiger partial charge is 0.274 e. The summed E-state index contributed by atoms with van der Waals surface area (Å²) in [5, 5.41) is 15.3. The number of hydrogen-bond donors (Lipinski definition) is 1. The average Bonchev–Trinajstić information content (AvgIpc) is 3.79. The van der Waals surface area contributed by atoms with E-state index in [1.165, 1.54) is 23.6 Å². The van der Waals surface area contributed by atoms with Gasteiger partial charge in [-0.1, -0.05) is 0 Å². The molecular formula is C32H32FN7O3S. The zero-order valence-electron chi connectivity index (χ0n) is 24.3. The van der Waals surface area contributed by atoms with Gasteiger partial charge in [0.2, 0.25) is 11.9 Å². The van der Waals surface area contributed by atoms with Crippen LogP contribution in [-0.4, -0.2) is 57.0 Å². The Morgan fingerprint density at radius 2 is 2.00 bits per heavy atom. The third-order valence-electron chi connectivity index (χ3n) is 8.14. The van der Waals surface area contributed by atoms with Crippen molar-refractivity contribution < 1.29 is 18.7 Å². The van der Waals surface area contributed by atoms with Gasteiger partial charge >= 0.3 is 0 Å². The largest absolute Gasteiger partial charge is 0.489 e. The number of carbonyl (C=O) groups is 2. The molecule has 5 heterocycles. The Kier molecular flexibility index (Phi) is 8.56. The lowest BCUT2D eigenvalue weighted by Gasteiger charge is -2.32. The number of carbonyl (C=O) groups excluding carboxylic acids is 2. The molecule has 2 amide bonds. The van der Waals surface area contributed by atoms with Crippen molar-refractivity contribution in [3.8, 4) is 11.8 Å². The van der Waals surface area contributed by atoms with E-state index in [4.69, 9.17) is 9.72 Å². The third kappa shape index (κ3) is 6.43. The number of pyridine rings is 1. The predicted octanol–water partition coefficient (Wildman–Crippen LogP) is 5.38. The van der Waals surface area contributed by atoms with E-state index in [-0.39, 0.29) is 24.0 Å². The molecule has 10 nitrogen and oxygen atoms in total. The van der Waals surface area contributed by atoms with E-state index < -0.39 is 5.95 Å². The van der Waals surface area contributed by atoms with Gasteiger partial charge in [0.15, 0.2) is 5.13 Å². The van der Waals surface area contributed by atoms with Crippen molar-refractivity contribution in [3.63, 3.8) is 0 Å². The predicted molar refractivity (Wildman–Crippen MR) is 164 cm³/mol. The highest BCUT2D eigenvalue weighted by molar-refractivity contribution is 7.14. The SMILES string of the molecule is CC(=O)N1CCC(Oc2ccc(N3CCCC3c3csc(NC(=O)c4cccn4Cc4ccnc(F)c4)n3)cc2C#N)CC1. The van der Waals surface area contributed by atoms with Gasteiger partial charge in [0.05, 0.1) is 17.3 Å². The molecule has 6 rings (SSSR count). The molecule has 2 aliphatic heterocycles. The third-order valence-corrected chi connectivity index (χ3v) is 8.91. The Morgan fingerprint density at radius 3 is 2.77 bits per heavy atom. The number of benzene rings is 1. The molecule has 3 aromatic heterocycles. The molecule has 0 spiro atoms. The molecule has 0 bridgehead atoms. The molecule has 0 aliphatic carbocycles. The number of thiazole rings is 1. The minimum atomic E-state index is -0.562. The van der Waals surface area contributed by atoms with Crippen LogP contribution >= 0.6 is 11.3 Å². The molecule has 1 N–H and O–H groups in total. The number of halogens is 1. The van der Waals surface area contributed by atoms with Crippen LogP contribution in [0.2, 0.25) is 0 Å². The van der Waals surface area contributed by atoms with Gasteiger partial charge in [0.25, 0.3) is 5.91 Å². The molecule has 226 valence electrons. The molecule has 2 saturated heterocycles. The first-order valence-electron chi connectivity index (χ1n) is 14.6. The lowest BCUT2D eigenvalue weighted by atomic mass is 10.1. The Morgan fingerprint density at radius 1 is 1.16 bits per heavy atom. The number of ether oxygens (including phenoxy) is 1. The molecule has 1 unspecified atom stereocenters. The molecule has 1 atom stereocenters. The number of piperidine rings is 1. The number of anilines is 2. The first-order valence-corrected chi connectivity index (χ1v) is 15.5. The summed E-state index contributed by atoms with van der Waals surface area (Å²) >= 11 is 1.37. The molecule has 12 heteroatoms. The number of nitrogens with zero attached hydrogens (tertiary/aromatic N) is 6. The fourth-order valence-corrected chi connectivity index (χ4v) is 6.64. The van der Waals surface area contributed by atoms with E-state index in [2.05, 4.69) is 21.3 Å². The number of likely N-dealkylation sites (tertiary alicyclic amines) is 1. The molecule has 1 aromatic carbocycles. The fraction of sp³-hybridized carbons (Fsp3) is 0.344. The second-order valence-electron chi connectivity index (χ2n) is 11.0. The van der Waals surface area contributed by atoms with E-state index in [0.29, 0.717) is 47.3 Å². The second-order valence-corrected chi connectivity index (χ2v) is 11.9. The molecule has 4 aromatic rings. The van der Waals surface area contributed by atoms with Crippen LogP contribution in [0, 0.1) is 17.3 Å². The molecule has 2 fully saturated rings. The Labute approximate surface area is 258 Å². The zero-order valence-corrected chi connectivity index (χ0v) is 25.1. The van der Waals surface area contributed by atoms with Crippen LogP contribution in [0.1, 0.15) is 66.0 Å². The maximum atomic E-state index is 13.5. The van der Waals surface area contributed by atoms with Gasteiger partial charge in [-0.05, 0) is 60.9 Å². The Balaban J connectivity index is 1.11. The molecule has 44 heavy (non-hydrogen) atoms. The topological polar surface area (TPSA) is 116 Å². The minimum Gasteiger partial charge on any atom is -0.489 e. The first-order chi connectivity index (χ1) is 21.4. The highest BCUT2D eigenvalue weighted by Crippen LogP contribution is 2.39. The maximum Gasteiger partial charge on any atom is 0.274 e. The van der Waals surface area contributed by atoms with Gasteiger partial charge in [-0.3, -0.25) is 14.9 Å². The number of nitriles is 1. The molecular weight excluding hydrogens is 581 g/mol. The number of hydrogen-bond acceptors (Lipinski definition) is 8. The summed E-state index contributed by atoms with van der Waals surface area (Å²) < 4.78 is 21.5. The van der Waals surface area contributed by atoms with Gasteiger partial charge in [0.1, 0.15) is 23.6 Å². The Hall–Kier alpha value is -4.76. The lowest BCUT2D eigenvalue weighted by molar-refractivity contribution is -0.130. The summed E-state index contributed by atoms with van der Waals surface area (Å²) in [5.74, 6) is -0.223. The standard InChI is InChI=1S/C32H32FN7O3S/c1-21(41)38-14-9-25(10-15-38)43-29-7-6-24(17-23(29)18-34)40-13-3-4-27(40)26-20-44-32(36-26)37-31(42)28-5-2-12-39(28)19-22-8-11-35-30(33)16-22/h2,5-8,11-12,16-17,20,25,27H,3-4,9-10,13-15,19H2,1H3,(H,36,37,42). The summed E-state index contributed by atoms with van der Waals surface area (Å²) in [7, 11) is 0. The number of rotatable bonds is 8. The Bertz CT molecular complexity index is 1710. The van der Waals surface area contributed by atoms with E-state index in [0.717, 1.165) is 43.6 Å². The maximum absolute atomic E-state index is 13.5. The summed E-state index contributed by atoms with van der Waals surface area (Å²) in [6.07, 6.45) is 6.50. The molecule has 2 aliphatic rings. The fourth-order valence-electron chi connectivity index (χ4n) is 5.89. The van der Waals surface area contributed by atoms with Crippen LogP contribution in [0.5, 0.6) is 5.75 Å². The highest BCUT2D eigenvalue weighted by atomic mass is 32.1. The van der Waals surface area contributed by atoms with Gasteiger partial charge < -0.3 is 19.1 Å². The normalized spacial score (nSPS) is 17.0. The monoisotopic (exact) mass is 613 g/mol. The van der Waals surface area contributed by atoms with Crippen molar-refractivity contribution in [1.82, 2.24) is 19.4 Å². The highest BCUT2D eigenvalue weighted by Gasteiger charge is 2.30. The van der Waals surface area contributed by atoms with Crippen LogP contribution < -0.4 is 15.0 Å². The second kappa shape index (κ2) is 12.9. The average molecular weight is 614 g/mol. The van der Waals surface area contributed by atoms with Crippen LogP contribution in [-0.2, 0) is 11.3 Å². The number of amides is 2. The summed E-state index contributed by atoms with van der Waals surface area (Å²) in [6, 6.07) is 14.6. The van der Waals surface area contributed by atoms with Gasteiger partial charge in [-0.2, -0.15) is 9.65 Å². The van der Waals surface area contributed by atoms with Crippen molar-refractivity contribution in [2.75, 3.05) is 29.9 Å². The van der Waals surface area contributed by atoms with E-state index >= 15 is 0 Å². The molecule has 0 radical (unpaired) electrons. The summed E-state index contributed by atoms with van der Waals surface area (Å²) in [6.45, 7) is 4.05. The van der Waals surface area contributed by atoms with Gasteiger partial charge in [-0.25, -0.2) is 9.97 Å². The van der Waals surface area contributed by atoms with Crippen LogP contribution in [0.3, 0.4) is 0 Å². The van der Waals surface area contributed by atoms with Gasteiger partial charge in [-0.15, -0.1) is 11.3 Å². The van der Waals surface area contributed by atoms with E-state index in [1.54, 1.807) is 35.9 Å². The summed E-state index contributed by atoms with van der Waals surface area (Å²) in [5.41, 5.74) is 3.41.